The smallest absolute Gasteiger partial charge is 0.350 e. The van der Waals surface area contributed by atoms with Crippen LogP contribution in [0.4, 0.5) is 20.2 Å². The van der Waals surface area contributed by atoms with Crippen molar-refractivity contribution in [2.75, 3.05) is 62.3 Å². The van der Waals surface area contributed by atoms with Gasteiger partial charge in [0.2, 0.25) is 5.79 Å². The molecule has 4 atom stereocenters. The molecule has 3 aromatic carbocycles. The average molecular weight is 842 g/mol. The van der Waals surface area contributed by atoms with Gasteiger partial charge < -0.3 is 29.1 Å². The molecule has 8 rings (SSSR count). The first kappa shape index (κ1) is 42.1. The van der Waals surface area contributed by atoms with Gasteiger partial charge in [-0.05, 0) is 91.4 Å². The molecule has 0 aliphatic carbocycles. The summed E-state index contributed by atoms with van der Waals surface area (Å²) >= 11 is 0. The van der Waals surface area contributed by atoms with Gasteiger partial charge in [-0.3, -0.25) is 9.69 Å². The van der Waals surface area contributed by atoms with Crippen LogP contribution in [0.5, 0.6) is 5.75 Å². The maximum Gasteiger partial charge on any atom is 0.350 e. The number of nitrogens with zero attached hydrogens (tertiary/aromatic N) is 9. The van der Waals surface area contributed by atoms with Gasteiger partial charge in [-0.25, -0.2) is 32.5 Å². The van der Waals surface area contributed by atoms with Crippen LogP contribution in [0.25, 0.3) is 5.69 Å². The molecule has 0 saturated carbocycles. The number of likely N-dealkylation sites (tertiary alicyclic amines) is 1. The number of aliphatic carboxylic acids is 1. The molecule has 3 saturated heterocycles. The summed E-state index contributed by atoms with van der Waals surface area (Å²) in [5.74, 6) is -3.02. The molecule has 1 N–H and O–H groups in total. The molecule has 0 bridgehead atoms. The molecule has 3 aliphatic heterocycles. The highest BCUT2D eigenvalue weighted by molar-refractivity contribution is 5.66. The number of aromatic nitrogens is 6. The number of anilines is 2. The van der Waals surface area contributed by atoms with Crippen molar-refractivity contribution < 1.29 is 32.9 Å². The highest BCUT2D eigenvalue weighted by Gasteiger charge is 2.46. The number of hydrogen-bond acceptors (Lipinski definition) is 11. The van der Waals surface area contributed by atoms with Crippen LogP contribution in [0.1, 0.15) is 45.6 Å². The minimum Gasteiger partial charge on any atom is -0.491 e. The van der Waals surface area contributed by atoms with Crippen LogP contribution in [-0.4, -0.2) is 110 Å². The number of carbonyl (C=O) groups is 1. The Morgan fingerprint density at radius 2 is 1.62 bits per heavy atom. The van der Waals surface area contributed by atoms with Crippen LogP contribution in [0.2, 0.25) is 0 Å². The SMILES string of the molecule is CC(C)(C)C(Cn1ncn(-c2ccc(N3CCN(c4ccc(OC[C@@H]5CO[C@@](Cn6cncn6)(c6ccc(F)cc6F)O5)cc4)CC3)cc2)c1=O)C1CCCN1CCC(=O)O. The van der Waals surface area contributed by atoms with Crippen molar-refractivity contribution in [1.82, 2.24) is 34.0 Å². The first-order valence-electron chi connectivity index (χ1n) is 20.9. The molecule has 2 aromatic heterocycles. The summed E-state index contributed by atoms with van der Waals surface area (Å²) in [4.78, 5) is 35.9. The lowest BCUT2D eigenvalue weighted by atomic mass is 9.75. The van der Waals surface area contributed by atoms with Gasteiger partial charge in [-0.1, -0.05) is 20.8 Å². The predicted molar refractivity (Wildman–Crippen MR) is 223 cm³/mol. The molecular formula is C44H53F2N9O6. The van der Waals surface area contributed by atoms with E-state index in [0.29, 0.717) is 18.8 Å². The number of piperazine rings is 1. The highest BCUT2D eigenvalue weighted by atomic mass is 19.1. The minimum absolute atomic E-state index is 0.0206. The van der Waals surface area contributed by atoms with Crippen LogP contribution >= 0.6 is 0 Å². The van der Waals surface area contributed by atoms with Crippen molar-refractivity contribution in [3.05, 3.63) is 113 Å². The van der Waals surface area contributed by atoms with E-state index in [1.54, 1.807) is 15.6 Å². The average Bonchev–Trinajstić information content (AvgIpc) is 4.08. The van der Waals surface area contributed by atoms with Crippen LogP contribution < -0.4 is 20.2 Å². The van der Waals surface area contributed by atoms with Gasteiger partial charge in [-0.2, -0.15) is 10.2 Å². The van der Waals surface area contributed by atoms with E-state index >= 15 is 0 Å². The van der Waals surface area contributed by atoms with E-state index in [1.165, 1.54) is 29.5 Å². The Labute approximate surface area is 353 Å². The molecule has 324 valence electrons. The van der Waals surface area contributed by atoms with Crippen molar-refractivity contribution in [1.29, 1.82) is 0 Å². The second-order valence-corrected chi connectivity index (χ2v) is 17.1. The van der Waals surface area contributed by atoms with Crippen molar-refractivity contribution >= 4 is 17.3 Å². The van der Waals surface area contributed by atoms with E-state index < -0.39 is 29.5 Å². The van der Waals surface area contributed by atoms with E-state index in [1.807, 2.05) is 48.5 Å². The third-order valence-electron chi connectivity index (χ3n) is 12.2. The van der Waals surface area contributed by atoms with Gasteiger partial charge in [0.15, 0.2) is 0 Å². The summed E-state index contributed by atoms with van der Waals surface area (Å²) < 4.78 is 51.7. The highest BCUT2D eigenvalue weighted by Crippen LogP contribution is 2.39. The molecule has 5 aromatic rings. The second kappa shape index (κ2) is 17.8. The van der Waals surface area contributed by atoms with E-state index in [-0.39, 0.29) is 54.8 Å². The molecule has 0 spiro atoms. The van der Waals surface area contributed by atoms with Crippen LogP contribution in [0.15, 0.2) is 90.5 Å². The zero-order chi connectivity index (χ0) is 42.7. The summed E-state index contributed by atoms with van der Waals surface area (Å²) in [5, 5.41) is 17.9. The van der Waals surface area contributed by atoms with Crippen molar-refractivity contribution in [2.45, 2.75) is 71.1 Å². The molecule has 0 amide bonds. The van der Waals surface area contributed by atoms with Crippen LogP contribution in [-0.2, 0) is 33.1 Å². The Hall–Kier alpha value is -5.65. The number of ether oxygens (including phenoxy) is 3. The normalized spacial score (nSPS) is 21.6. The number of carboxylic acid groups (broad SMARTS) is 1. The molecule has 3 fully saturated rings. The summed E-state index contributed by atoms with van der Waals surface area (Å²) in [5.41, 5.74) is 2.67. The maximum atomic E-state index is 15.0. The summed E-state index contributed by atoms with van der Waals surface area (Å²) in [7, 11) is 0. The Morgan fingerprint density at radius 1 is 0.934 bits per heavy atom. The lowest BCUT2D eigenvalue weighted by Gasteiger charge is -2.39. The third kappa shape index (κ3) is 9.48. The lowest BCUT2D eigenvalue weighted by molar-refractivity contribution is -0.192. The van der Waals surface area contributed by atoms with E-state index in [2.05, 4.69) is 50.7 Å². The summed E-state index contributed by atoms with van der Waals surface area (Å²) in [6.45, 7) is 12.0. The van der Waals surface area contributed by atoms with Crippen LogP contribution in [0, 0.1) is 23.0 Å². The van der Waals surface area contributed by atoms with E-state index in [4.69, 9.17) is 14.2 Å². The monoisotopic (exact) mass is 841 g/mol. The zero-order valence-electron chi connectivity index (χ0n) is 34.8. The number of rotatable bonds is 15. The zero-order valence-corrected chi connectivity index (χ0v) is 34.8. The standard InChI is InChI=1S/C44H53F2N9O6/c1-43(2,3)38(40-5-4-17-52(40)18-16-41(56)57)24-55-42(58)54(30-49-55)34-9-7-32(8-10-34)50-19-21-51(22-20-50)33-11-13-35(14-12-33)59-25-36-26-60-44(61-36,27-53-29-47-28-48-53)37-15-6-31(45)23-39(37)46/h6-15,23,28-30,36,38,40H,4-5,16-22,24-27H2,1-3H3,(H,56,57)/t36-,38?,40?,44-/m1/s1. The fraction of sp³-hybridized carbons (Fsp3) is 0.477. The largest absolute Gasteiger partial charge is 0.491 e. The number of carboxylic acids is 1. The number of benzene rings is 3. The van der Waals surface area contributed by atoms with Gasteiger partial charge >= 0.3 is 11.7 Å². The third-order valence-corrected chi connectivity index (χ3v) is 12.2. The summed E-state index contributed by atoms with van der Waals surface area (Å²) in [6, 6.07) is 19.4. The predicted octanol–water partition coefficient (Wildman–Crippen LogP) is 5.18. The Morgan fingerprint density at radius 3 is 2.26 bits per heavy atom. The first-order valence-corrected chi connectivity index (χ1v) is 20.9. The van der Waals surface area contributed by atoms with Crippen LogP contribution in [0.3, 0.4) is 0 Å². The molecule has 2 unspecified atom stereocenters. The summed E-state index contributed by atoms with van der Waals surface area (Å²) in [6.07, 6.45) is 6.01. The molecule has 3 aliphatic rings. The fourth-order valence-corrected chi connectivity index (χ4v) is 8.89. The Balaban J connectivity index is 0.835. The molecule has 61 heavy (non-hydrogen) atoms. The van der Waals surface area contributed by atoms with Crippen molar-refractivity contribution in [2.24, 2.45) is 11.3 Å². The number of hydrogen-bond donors (Lipinski definition) is 1. The van der Waals surface area contributed by atoms with Gasteiger partial charge in [0.05, 0.1) is 25.3 Å². The van der Waals surface area contributed by atoms with E-state index in [0.717, 1.165) is 68.7 Å². The molecular weight excluding hydrogens is 789 g/mol. The van der Waals surface area contributed by atoms with Gasteiger partial charge in [0, 0.05) is 61.8 Å². The Kier molecular flexibility index (Phi) is 12.2. The molecule has 15 nitrogen and oxygen atoms in total. The van der Waals surface area contributed by atoms with Crippen molar-refractivity contribution in [3.63, 3.8) is 0 Å². The number of halogens is 2. The van der Waals surface area contributed by atoms with E-state index in [9.17, 15) is 23.5 Å². The maximum absolute atomic E-state index is 15.0. The Bertz CT molecular complexity index is 2310. The minimum atomic E-state index is -1.53. The van der Waals surface area contributed by atoms with Crippen molar-refractivity contribution in [3.8, 4) is 11.4 Å². The fourth-order valence-electron chi connectivity index (χ4n) is 8.89. The molecule has 17 heteroatoms. The quantitative estimate of drug-likeness (QED) is 0.148. The van der Waals surface area contributed by atoms with Gasteiger partial charge in [0.1, 0.15) is 55.6 Å². The molecule has 0 radical (unpaired) electrons. The first-order chi connectivity index (χ1) is 29.3. The topological polar surface area (TPSA) is 145 Å². The lowest BCUT2D eigenvalue weighted by Crippen LogP contribution is -2.46. The van der Waals surface area contributed by atoms with Gasteiger partial charge in [-0.15, -0.1) is 0 Å². The van der Waals surface area contributed by atoms with Gasteiger partial charge in [0.25, 0.3) is 0 Å². The second-order valence-electron chi connectivity index (χ2n) is 17.1. The molecule has 5 heterocycles.